The van der Waals surface area contributed by atoms with Crippen LogP contribution in [0.5, 0.6) is 0 Å². The van der Waals surface area contributed by atoms with Crippen LogP contribution in [-0.2, 0) is 6.54 Å². The molecule has 0 aromatic heterocycles. The second kappa shape index (κ2) is 5.94. The maximum absolute atomic E-state index is 13.4. The van der Waals surface area contributed by atoms with Gasteiger partial charge in [-0.25, -0.2) is 8.78 Å². The summed E-state index contributed by atoms with van der Waals surface area (Å²) in [5, 5.41) is 3.44. The molecule has 4 heteroatoms. The lowest BCUT2D eigenvalue weighted by molar-refractivity contribution is 0.504. The van der Waals surface area contributed by atoms with Gasteiger partial charge in [0.05, 0.1) is 0 Å². The largest absolute Gasteiger partial charge is 0.306 e. The Hall–Kier alpha value is -1.39. The molecule has 104 valence electrons. The molecule has 1 aliphatic heterocycles. The van der Waals surface area contributed by atoms with Gasteiger partial charge in [0.15, 0.2) is 0 Å². The molecule has 0 amide bonds. The SMILES string of the molecule is Fc1ccc(CNC2CCSc3ccc(F)cc32)cc1. The van der Waals surface area contributed by atoms with E-state index in [0.29, 0.717) is 6.54 Å². The molecule has 1 unspecified atom stereocenters. The number of hydrogen-bond acceptors (Lipinski definition) is 2. The Morgan fingerprint density at radius 1 is 1.05 bits per heavy atom. The fourth-order valence-electron chi connectivity index (χ4n) is 2.42. The summed E-state index contributed by atoms with van der Waals surface area (Å²) >= 11 is 1.77. The Labute approximate surface area is 121 Å². The van der Waals surface area contributed by atoms with Crippen molar-refractivity contribution in [1.82, 2.24) is 5.32 Å². The third kappa shape index (κ3) is 3.02. The van der Waals surface area contributed by atoms with Crippen molar-refractivity contribution in [3.8, 4) is 0 Å². The van der Waals surface area contributed by atoms with Crippen LogP contribution in [0.1, 0.15) is 23.6 Å². The van der Waals surface area contributed by atoms with Crippen molar-refractivity contribution in [3.05, 3.63) is 65.2 Å². The van der Waals surface area contributed by atoms with Crippen molar-refractivity contribution < 1.29 is 8.78 Å². The predicted molar refractivity (Wildman–Crippen MR) is 77.7 cm³/mol. The van der Waals surface area contributed by atoms with E-state index < -0.39 is 0 Å². The Balaban J connectivity index is 1.73. The van der Waals surface area contributed by atoms with E-state index in [-0.39, 0.29) is 17.7 Å². The van der Waals surface area contributed by atoms with Crippen LogP contribution in [0.4, 0.5) is 8.78 Å². The van der Waals surface area contributed by atoms with Gasteiger partial charge in [0.2, 0.25) is 0 Å². The second-order valence-electron chi connectivity index (χ2n) is 4.88. The van der Waals surface area contributed by atoms with Gasteiger partial charge in [-0.05, 0) is 53.6 Å². The summed E-state index contributed by atoms with van der Waals surface area (Å²) in [6.45, 7) is 0.658. The average Bonchev–Trinajstić information content (AvgIpc) is 2.47. The molecule has 2 aromatic carbocycles. The zero-order valence-electron chi connectivity index (χ0n) is 10.9. The fourth-order valence-corrected chi connectivity index (χ4v) is 3.53. The molecule has 20 heavy (non-hydrogen) atoms. The third-order valence-corrected chi connectivity index (χ3v) is 4.60. The van der Waals surface area contributed by atoms with Crippen molar-refractivity contribution in [2.75, 3.05) is 5.75 Å². The third-order valence-electron chi connectivity index (χ3n) is 3.48. The average molecular weight is 291 g/mol. The minimum absolute atomic E-state index is 0.159. The quantitative estimate of drug-likeness (QED) is 0.905. The first-order valence-electron chi connectivity index (χ1n) is 6.62. The van der Waals surface area contributed by atoms with Crippen LogP contribution < -0.4 is 5.32 Å². The molecule has 1 atom stereocenters. The standard InChI is InChI=1S/C16H15F2NS/c17-12-3-1-11(2-4-12)10-19-15-7-8-20-16-6-5-13(18)9-14(15)16/h1-6,9,15,19H,7-8,10H2. The molecule has 3 rings (SSSR count). The summed E-state index contributed by atoms with van der Waals surface area (Å²) in [5.74, 6) is 0.606. The first kappa shape index (κ1) is 13.6. The number of halogens is 2. The first-order valence-corrected chi connectivity index (χ1v) is 7.61. The van der Waals surface area contributed by atoms with E-state index in [1.54, 1.807) is 30.0 Å². The molecule has 0 saturated heterocycles. The summed E-state index contributed by atoms with van der Waals surface area (Å²) in [7, 11) is 0. The summed E-state index contributed by atoms with van der Waals surface area (Å²) in [6, 6.07) is 11.6. The van der Waals surface area contributed by atoms with Gasteiger partial charge in [0.1, 0.15) is 11.6 Å². The summed E-state index contributed by atoms with van der Waals surface area (Å²) in [6.07, 6.45) is 0.975. The van der Waals surface area contributed by atoms with Gasteiger partial charge in [0.25, 0.3) is 0 Å². The Morgan fingerprint density at radius 2 is 1.80 bits per heavy atom. The number of hydrogen-bond donors (Lipinski definition) is 1. The molecule has 0 fully saturated rings. The molecule has 1 N–H and O–H groups in total. The molecule has 1 heterocycles. The Kier molecular flexibility index (Phi) is 4.03. The number of benzene rings is 2. The molecule has 0 spiro atoms. The molecule has 1 nitrogen and oxygen atoms in total. The van der Waals surface area contributed by atoms with Gasteiger partial charge in [-0.2, -0.15) is 0 Å². The van der Waals surface area contributed by atoms with Crippen LogP contribution in [0.2, 0.25) is 0 Å². The van der Waals surface area contributed by atoms with E-state index in [0.717, 1.165) is 28.2 Å². The van der Waals surface area contributed by atoms with E-state index >= 15 is 0 Å². The molecule has 1 aliphatic rings. The Bertz CT molecular complexity index is 598. The molecule has 0 saturated carbocycles. The lowest BCUT2D eigenvalue weighted by atomic mass is 10.0. The normalized spacial score (nSPS) is 17.8. The second-order valence-corrected chi connectivity index (χ2v) is 6.02. The molecular weight excluding hydrogens is 276 g/mol. The number of rotatable bonds is 3. The molecule has 0 bridgehead atoms. The van der Waals surface area contributed by atoms with Gasteiger partial charge < -0.3 is 5.32 Å². The van der Waals surface area contributed by atoms with Gasteiger partial charge in [-0.1, -0.05) is 12.1 Å². The zero-order valence-corrected chi connectivity index (χ0v) is 11.7. The number of thioether (sulfide) groups is 1. The summed E-state index contributed by atoms with van der Waals surface area (Å²) in [4.78, 5) is 1.15. The highest BCUT2D eigenvalue weighted by Crippen LogP contribution is 2.36. The highest BCUT2D eigenvalue weighted by molar-refractivity contribution is 7.99. The lowest BCUT2D eigenvalue weighted by Gasteiger charge is -2.26. The summed E-state index contributed by atoms with van der Waals surface area (Å²) in [5.41, 5.74) is 2.06. The van der Waals surface area contributed by atoms with Gasteiger partial charge >= 0.3 is 0 Å². The van der Waals surface area contributed by atoms with Crippen molar-refractivity contribution in [2.45, 2.75) is 23.9 Å². The maximum atomic E-state index is 13.4. The highest BCUT2D eigenvalue weighted by atomic mass is 32.2. The van der Waals surface area contributed by atoms with E-state index in [1.165, 1.54) is 18.2 Å². The molecule has 0 radical (unpaired) electrons. The van der Waals surface area contributed by atoms with E-state index in [2.05, 4.69) is 5.32 Å². The topological polar surface area (TPSA) is 12.0 Å². The number of fused-ring (bicyclic) bond motifs is 1. The molecule has 2 aromatic rings. The summed E-state index contributed by atoms with van der Waals surface area (Å²) < 4.78 is 26.3. The minimum Gasteiger partial charge on any atom is -0.306 e. The van der Waals surface area contributed by atoms with E-state index in [9.17, 15) is 8.78 Å². The van der Waals surface area contributed by atoms with Gasteiger partial charge in [-0.3, -0.25) is 0 Å². The zero-order chi connectivity index (χ0) is 13.9. The van der Waals surface area contributed by atoms with Crippen molar-refractivity contribution >= 4 is 11.8 Å². The van der Waals surface area contributed by atoms with Crippen LogP contribution in [0.15, 0.2) is 47.4 Å². The fraction of sp³-hybridized carbons (Fsp3) is 0.250. The highest BCUT2D eigenvalue weighted by Gasteiger charge is 2.20. The monoisotopic (exact) mass is 291 g/mol. The van der Waals surface area contributed by atoms with E-state index in [4.69, 9.17) is 0 Å². The van der Waals surface area contributed by atoms with Crippen LogP contribution in [0.25, 0.3) is 0 Å². The van der Waals surface area contributed by atoms with Crippen LogP contribution >= 0.6 is 11.8 Å². The Morgan fingerprint density at radius 3 is 2.60 bits per heavy atom. The minimum atomic E-state index is -0.227. The molecular formula is C16H15F2NS. The predicted octanol–water partition coefficient (Wildman–Crippen LogP) is 4.29. The van der Waals surface area contributed by atoms with E-state index in [1.807, 2.05) is 6.07 Å². The van der Waals surface area contributed by atoms with Crippen molar-refractivity contribution in [2.24, 2.45) is 0 Å². The maximum Gasteiger partial charge on any atom is 0.123 e. The molecule has 0 aliphatic carbocycles. The first-order chi connectivity index (χ1) is 9.72. The van der Waals surface area contributed by atoms with Crippen molar-refractivity contribution in [3.63, 3.8) is 0 Å². The van der Waals surface area contributed by atoms with Crippen LogP contribution in [0, 0.1) is 11.6 Å². The van der Waals surface area contributed by atoms with Crippen molar-refractivity contribution in [1.29, 1.82) is 0 Å². The smallest absolute Gasteiger partial charge is 0.123 e. The van der Waals surface area contributed by atoms with Crippen LogP contribution in [-0.4, -0.2) is 5.75 Å². The van der Waals surface area contributed by atoms with Crippen LogP contribution in [0.3, 0.4) is 0 Å². The van der Waals surface area contributed by atoms with Gasteiger partial charge in [0, 0.05) is 17.5 Å². The lowest BCUT2D eigenvalue weighted by Crippen LogP contribution is -2.24. The van der Waals surface area contributed by atoms with Gasteiger partial charge in [-0.15, -0.1) is 11.8 Å². The number of nitrogens with one attached hydrogen (secondary N) is 1.